The zero-order valence-electron chi connectivity index (χ0n) is 10.3. The fourth-order valence-electron chi connectivity index (χ4n) is 2.83. The largest absolute Gasteiger partial charge is 0.380 e. The Morgan fingerprint density at radius 3 is 2.65 bits per heavy atom. The second kappa shape index (κ2) is 5.38. The lowest BCUT2D eigenvalue weighted by atomic mass is 9.76. The standard InChI is InChI=1S/C14H20ClNO/c1-17-10-11-6-5-7-12(15)13(11)14(16)8-3-2-4-9-14/h5-7H,2-4,8-10,16H2,1H3. The molecule has 0 aliphatic heterocycles. The van der Waals surface area contributed by atoms with Crippen LogP contribution in [0.15, 0.2) is 18.2 Å². The Bertz CT molecular complexity index is 386. The molecule has 0 amide bonds. The van der Waals surface area contributed by atoms with Crippen molar-refractivity contribution in [3.8, 4) is 0 Å². The van der Waals surface area contributed by atoms with E-state index in [1.165, 1.54) is 19.3 Å². The minimum atomic E-state index is -0.259. The summed E-state index contributed by atoms with van der Waals surface area (Å²) in [5, 5.41) is 0.781. The van der Waals surface area contributed by atoms with Crippen LogP contribution >= 0.6 is 11.6 Å². The van der Waals surface area contributed by atoms with Crippen molar-refractivity contribution in [2.75, 3.05) is 7.11 Å². The average molecular weight is 254 g/mol. The first kappa shape index (κ1) is 12.9. The van der Waals surface area contributed by atoms with Gasteiger partial charge in [-0.15, -0.1) is 0 Å². The Labute approximate surface area is 108 Å². The van der Waals surface area contributed by atoms with Crippen molar-refractivity contribution in [3.63, 3.8) is 0 Å². The molecule has 1 saturated carbocycles. The van der Waals surface area contributed by atoms with E-state index < -0.39 is 0 Å². The predicted octanol–water partition coefficient (Wildman–Crippen LogP) is 3.60. The first-order chi connectivity index (χ1) is 8.17. The minimum absolute atomic E-state index is 0.259. The van der Waals surface area contributed by atoms with Gasteiger partial charge in [-0.2, -0.15) is 0 Å². The highest BCUT2D eigenvalue weighted by Crippen LogP contribution is 2.40. The van der Waals surface area contributed by atoms with Crippen molar-refractivity contribution in [1.29, 1.82) is 0 Å². The van der Waals surface area contributed by atoms with E-state index in [2.05, 4.69) is 6.07 Å². The van der Waals surface area contributed by atoms with Crippen LogP contribution < -0.4 is 5.73 Å². The summed E-state index contributed by atoms with van der Waals surface area (Å²) >= 11 is 6.35. The molecule has 0 saturated heterocycles. The van der Waals surface area contributed by atoms with E-state index in [1.54, 1.807) is 7.11 Å². The van der Waals surface area contributed by atoms with Gasteiger partial charge in [0.1, 0.15) is 0 Å². The maximum Gasteiger partial charge on any atom is 0.0716 e. The molecule has 1 fully saturated rings. The van der Waals surface area contributed by atoms with Crippen molar-refractivity contribution < 1.29 is 4.74 Å². The summed E-state index contributed by atoms with van der Waals surface area (Å²) in [6.07, 6.45) is 5.70. The quantitative estimate of drug-likeness (QED) is 0.893. The van der Waals surface area contributed by atoms with Gasteiger partial charge in [0.05, 0.1) is 6.61 Å². The molecule has 0 spiro atoms. The topological polar surface area (TPSA) is 35.2 Å². The van der Waals surface area contributed by atoms with Gasteiger partial charge < -0.3 is 10.5 Å². The van der Waals surface area contributed by atoms with E-state index in [9.17, 15) is 0 Å². The molecular weight excluding hydrogens is 234 g/mol. The third-order valence-corrected chi connectivity index (χ3v) is 3.96. The second-order valence-electron chi connectivity index (χ2n) is 4.92. The average Bonchev–Trinajstić information content (AvgIpc) is 2.30. The molecule has 2 nitrogen and oxygen atoms in total. The molecule has 1 aromatic rings. The highest BCUT2D eigenvalue weighted by Gasteiger charge is 2.33. The number of rotatable bonds is 3. The molecule has 2 rings (SSSR count). The molecule has 1 aromatic carbocycles. The Morgan fingerprint density at radius 2 is 2.00 bits per heavy atom. The number of ether oxygens (including phenoxy) is 1. The van der Waals surface area contributed by atoms with E-state index in [-0.39, 0.29) is 5.54 Å². The summed E-state index contributed by atoms with van der Waals surface area (Å²) in [6, 6.07) is 5.96. The van der Waals surface area contributed by atoms with Gasteiger partial charge in [-0.25, -0.2) is 0 Å². The summed E-state index contributed by atoms with van der Waals surface area (Å²) in [4.78, 5) is 0. The summed E-state index contributed by atoms with van der Waals surface area (Å²) in [5.74, 6) is 0. The summed E-state index contributed by atoms with van der Waals surface area (Å²) in [5.41, 5.74) is 8.54. The van der Waals surface area contributed by atoms with E-state index in [4.69, 9.17) is 22.1 Å². The van der Waals surface area contributed by atoms with Gasteiger partial charge in [-0.05, 0) is 30.0 Å². The number of hydrogen-bond donors (Lipinski definition) is 1. The second-order valence-corrected chi connectivity index (χ2v) is 5.33. The molecule has 0 aromatic heterocycles. The van der Waals surface area contributed by atoms with Crippen LogP contribution in [0.3, 0.4) is 0 Å². The van der Waals surface area contributed by atoms with Gasteiger partial charge in [0.25, 0.3) is 0 Å². The lowest BCUT2D eigenvalue weighted by Gasteiger charge is -2.36. The first-order valence-corrected chi connectivity index (χ1v) is 6.61. The molecule has 1 aliphatic rings. The number of methoxy groups -OCH3 is 1. The van der Waals surface area contributed by atoms with Gasteiger partial charge in [-0.3, -0.25) is 0 Å². The van der Waals surface area contributed by atoms with Crippen LogP contribution in [-0.4, -0.2) is 7.11 Å². The monoisotopic (exact) mass is 253 g/mol. The Kier molecular flexibility index (Phi) is 4.08. The number of halogens is 1. The molecule has 3 heteroatoms. The molecule has 17 heavy (non-hydrogen) atoms. The summed E-state index contributed by atoms with van der Waals surface area (Å²) in [7, 11) is 1.70. The Morgan fingerprint density at radius 1 is 1.29 bits per heavy atom. The van der Waals surface area contributed by atoms with Gasteiger partial charge in [0, 0.05) is 17.7 Å². The van der Waals surface area contributed by atoms with Crippen LogP contribution in [-0.2, 0) is 16.9 Å². The molecule has 0 atom stereocenters. The molecule has 0 radical (unpaired) electrons. The third-order valence-electron chi connectivity index (χ3n) is 3.64. The van der Waals surface area contributed by atoms with E-state index in [1.807, 2.05) is 12.1 Å². The maximum absolute atomic E-state index is 6.57. The van der Waals surface area contributed by atoms with Crippen molar-refractivity contribution >= 4 is 11.6 Å². The lowest BCUT2D eigenvalue weighted by molar-refractivity contribution is 0.181. The van der Waals surface area contributed by atoms with Gasteiger partial charge in [0.15, 0.2) is 0 Å². The number of nitrogens with two attached hydrogens (primary N) is 1. The highest BCUT2D eigenvalue weighted by atomic mass is 35.5. The normalized spacial score (nSPS) is 19.2. The van der Waals surface area contributed by atoms with Crippen LogP contribution in [0.4, 0.5) is 0 Å². The fourth-order valence-corrected chi connectivity index (χ4v) is 3.22. The molecular formula is C14H20ClNO. The van der Waals surface area contributed by atoms with Crippen molar-refractivity contribution in [3.05, 3.63) is 34.3 Å². The first-order valence-electron chi connectivity index (χ1n) is 6.23. The van der Waals surface area contributed by atoms with Gasteiger partial charge >= 0.3 is 0 Å². The fraction of sp³-hybridized carbons (Fsp3) is 0.571. The van der Waals surface area contributed by atoms with Crippen LogP contribution in [0.25, 0.3) is 0 Å². The Balaban J connectivity index is 2.41. The molecule has 0 unspecified atom stereocenters. The molecule has 0 bridgehead atoms. The molecule has 94 valence electrons. The lowest BCUT2D eigenvalue weighted by Crippen LogP contribution is -2.39. The maximum atomic E-state index is 6.57. The number of benzene rings is 1. The third kappa shape index (κ3) is 2.65. The number of hydrogen-bond acceptors (Lipinski definition) is 2. The Hall–Kier alpha value is -0.570. The molecule has 2 N–H and O–H groups in total. The summed E-state index contributed by atoms with van der Waals surface area (Å²) in [6.45, 7) is 0.578. The van der Waals surface area contributed by atoms with Gasteiger partial charge in [0.2, 0.25) is 0 Å². The van der Waals surface area contributed by atoms with Crippen molar-refractivity contribution in [2.45, 2.75) is 44.2 Å². The van der Waals surface area contributed by atoms with E-state index in [0.717, 1.165) is 29.0 Å². The smallest absolute Gasteiger partial charge is 0.0716 e. The van der Waals surface area contributed by atoms with Crippen molar-refractivity contribution in [2.24, 2.45) is 5.73 Å². The van der Waals surface area contributed by atoms with Crippen molar-refractivity contribution in [1.82, 2.24) is 0 Å². The summed E-state index contributed by atoms with van der Waals surface area (Å²) < 4.78 is 5.25. The van der Waals surface area contributed by atoms with Crippen LogP contribution in [0.1, 0.15) is 43.2 Å². The highest BCUT2D eigenvalue weighted by molar-refractivity contribution is 6.31. The van der Waals surface area contributed by atoms with E-state index >= 15 is 0 Å². The van der Waals surface area contributed by atoms with Crippen LogP contribution in [0.5, 0.6) is 0 Å². The van der Waals surface area contributed by atoms with E-state index in [0.29, 0.717) is 6.61 Å². The molecule has 0 heterocycles. The van der Waals surface area contributed by atoms with Gasteiger partial charge in [-0.1, -0.05) is 43.0 Å². The molecule has 1 aliphatic carbocycles. The SMILES string of the molecule is COCc1cccc(Cl)c1C1(N)CCCCC1. The minimum Gasteiger partial charge on any atom is -0.380 e. The van der Waals surface area contributed by atoms with Crippen LogP contribution in [0, 0.1) is 0 Å². The zero-order valence-corrected chi connectivity index (χ0v) is 11.1. The zero-order chi connectivity index (χ0) is 12.3. The predicted molar refractivity (Wildman–Crippen MR) is 71.1 cm³/mol. The van der Waals surface area contributed by atoms with Crippen LogP contribution in [0.2, 0.25) is 5.02 Å².